The molecule has 7 nitrogen and oxygen atoms in total. The van der Waals surface area contributed by atoms with Gasteiger partial charge >= 0.3 is 12.3 Å². The van der Waals surface area contributed by atoms with Crippen LogP contribution >= 0.6 is 34.8 Å². The molecule has 1 saturated heterocycles. The van der Waals surface area contributed by atoms with Gasteiger partial charge in [0.25, 0.3) is 0 Å². The first kappa shape index (κ1) is 29.4. The molecule has 2 N–H and O–H groups in total. The molecule has 13 heteroatoms. The second kappa shape index (κ2) is 11.1. The molecule has 0 aliphatic carbocycles. The van der Waals surface area contributed by atoms with Crippen LogP contribution in [0.4, 0.5) is 35.3 Å². The monoisotopic (exact) mass is 605 g/mol. The molecule has 0 spiro atoms. The molecule has 4 rings (SSSR count). The minimum atomic E-state index is -4.26. The van der Waals surface area contributed by atoms with Crippen LogP contribution in [0, 0.1) is 5.92 Å². The third-order valence-corrected chi connectivity index (χ3v) is 7.41. The van der Waals surface area contributed by atoms with E-state index in [0.717, 1.165) is 0 Å². The smallest absolute Gasteiger partial charge is 0.407 e. The van der Waals surface area contributed by atoms with E-state index in [4.69, 9.17) is 39.5 Å². The molecule has 1 fully saturated rings. The van der Waals surface area contributed by atoms with E-state index in [1.165, 1.54) is 0 Å². The number of hydrogen-bond donors (Lipinski definition) is 2. The van der Waals surface area contributed by atoms with Gasteiger partial charge in [-0.15, -0.1) is 0 Å². The number of nitrogens with zero attached hydrogens (tertiary/aromatic N) is 3. The highest BCUT2D eigenvalue weighted by Gasteiger charge is 2.42. The summed E-state index contributed by atoms with van der Waals surface area (Å²) < 4.78 is 45.3. The number of aromatic nitrogens is 2. The second-order valence-electron chi connectivity index (χ2n) is 10.5. The Hall–Kier alpha value is -2.56. The number of aromatic amines is 1. The standard InChI is InChI=1S/C26H29Cl3F3N5O2/c1-25(2,3)39-24(38)33-12-14-7-8-16(27)22(21(14)29)36(4)23-34-18-10-17(28)20(11-19(18)35-23)37-9-5-6-15(13-37)26(30,31)32/h7-8,10-11,15H,5-6,9,12-13H2,1-4H3,(H,33,38)(H,34,35). The van der Waals surface area contributed by atoms with Gasteiger partial charge in [-0.2, -0.15) is 13.2 Å². The first-order chi connectivity index (χ1) is 18.1. The Kier molecular flexibility index (Phi) is 8.40. The van der Waals surface area contributed by atoms with Gasteiger partial charge < -0.3 is 24.8 Å². The highest BCUT2D eigenvalue weighted by Crippen LogP contribution is 2.41. The van der Waals surface area contributed by atoms with E-state index in [2.05, 4.69) is 15.3 Å². The molecule has 1 aliphatic rings. The average molecular weight is 607 g/mol. The average Bonchev–Trinajstić information content (AvgIpc) is 3.24. The summed E-state index contributed by atoms with van der Waals surface area (Å²) >= 11 is 19.7. The van der Waals surface area contributed by atoms with Gasteiger partial charge in [-0.1, -0.05) is 40.9 Å². The Bertz CT molecular complexity index is 1370. The van der Waals surface area contributed by atoms with Gasteiger partial charge in [-0.3, -0.25) is 0 Å². The van der Waals surface area contributed by atoms with Gasteiger partial charge in [0.1, 0.15) is 5.60 Å². The van der Waals surface area contributed by atoms with Crippen LogP contribution in [-0.4, -0.2) is 48.0 Å². The van der Waals surface area contributed by atoms with Crippen molar-refractivity contribution in [3.8, 4) is 0 Å². The van der Waals surface area contributed by atoms with Gasteiger partial charge in [0, 0.05) is 26.7 Å². The van der Waals surface area contributed by atoms with E-state index in [9.17, 15) is 18.0 Å². The number of ether oxygens (including phenoxy) is 1. The molecule has 2 aromatic carbocycles. The van der Waals surface area contributed by atoms with Crippen LogP contribution in [0.3, 0.4) is 0 Å². The summed E-state index contributed by atoms with van der Waals surface area (Å²) in [6, 6.07) is 6.71. The number of piperidine rings is 1. The minimum absolute atomic E-state index is 0.102. The van der Waals surface area contributed by atoms with Crippen molar-refractivity contribution in [1.82, 2.24) is 15.3 Å². The number of alkyl halides is 3. The first-order valence-electron chi connectivity index (χ1n) is 12.3. The summed E-state index contributed by atoms with van der Waals surface area (Å²) in [5, 5.41) is 3.67. The molecule has 1 amide bonds. The number of alkyl carbamates (subject to hydrolysis) is 1. The zero-order chi connectivity index (χ0) is 28.7. The van der Waals surface area contributed by atoms with Crippen molar-refractivity contribution in [3.63, 3.8) is 0 Å². The Balaban J connectivity index is 1.59. The third kappa shape index (κ3) is 6.78. The van der Waals surface area contributed by atoms with Crippen molar-refractivity contribution >= 4 is 69.3 Å². The number of anilines is 3. The summed E-state index contributed by atoms with van der Waals surface area (Å²) in [6.07, 6.45) is -4.31. The molecule has 0 bridgehead atoms. The maximum Gasteiger partial charge on any atom is 0.407 e. The fourth-order valence-corrected chi connectivity index (χ4v) is 5.46. The zero-order valence-electron chi connectivity index (χ0n) is 21.8. The largest absolute Gasteiger partial charge is 0.444 e. The van der Waals surface area contributed by atoms with E-state index in [-0.39, 0.29) is 19.5 Å². The molecule has 1 aromatic heterocycles. The lowest BCUT2D eigenvalue weighted by Crippen LogP contribution is -2.41. The molecule has 0 radical (unpaired) electrons. The predicted octanol–water partition coefficient (Wildman–Crippen LogP) is 8.09. The summed E-state index contributed by atoms with van der Waals surface area (Å²) in [7, 11) is 1.72. The summed E-state index contributed by atoms with van der Waals surface area (Å²) in [4.78, 5) is 23.2. The van der Waals surface area contributed by atoms with Gasteiger partial charge in [-0.05, 0) is 57.4 Å². The van der Waals surface area contributed by atoms with Gasteiger partial charge in [0.15, 0.2) is 0 Å². The zero-order valence-corrected chi connectivity index (χ0v) is 24.1. The normalized spacial score (nSPS) is 16.5. The number of H-pyrrole nitrogens is 1. The van der Waals surface area contributed by atoms with Gasteiger partial charge in [0.05, 0.1) is 43.4 Å². The molecule has 1 atom stereocenters. The summed E-state index contributed by atoms with van der Waals surface area (Å²) in [5.74, 6) is -1.01. The number of amides is 1. The van der Waals surface area contributed by atoms with E-state index in [1.54, 1.807) is 61.9 Å². The van der Waals surface area contributed by atoms with Crippen molar-refractivity contribution in [3.05, 3.63) is 44.9 Å². The molecule has 0 saturated carbocycles. The van der Waals surface area contributed by atoms with Crippen molar-refractivity contribution in [1.29, 1.82) is 0 Å². The van der Waals surface area contributed by atoms with Crippen molar-refractivity contribution < 1.29 is 22.7 Å². The lowest BCUT2D eigenvalue weighted by atomic mass is 9.97. The number of rotatable bonds is 5. The Labute approximate surface area is 239 Å². The molecule has 1 aliphatic heterocycles. The summed E-state index contributed by atoms with van der Waals surface area (Å²) in [5.41, 5.74) is 2.06. The van der Waals surface area contributed by atoms with Gasteiger partial charge in [-0.25, -0.2) is 9.78 Å². The van der Waals surface area contributed by atoms with E-state index in [1.807, 2.05) is 0 Å². The number of fused-ring (bicyclic) bond motifs is 1. The number of halogens is 6. The van der Waals surface area contributed by atoms with Crippen LogP contribution < -0.4 is 15.1 Å². The Morgan fingerprint density at radius 1 is 1.21 bits per heavy atom. The Morgan fingerprint density at radius 2 is 1.92 bits per heavy atom. The fourth-order valence-electron chi connectivity index (χ4n) is 4.48. The molecule has 1 unspecified atom stereocenters. The van der Waals surface area contributed by atoms with Crippen LogP contribution in [0.2, 0.25) is 15.1 Å². The number of carbonyl (C=O) groups is 1. The number of imidazole rings is 1. The molecular formula is C26H29Cl3F3N5O2. The number of benzene rings is 2. The lowest BCUT2D eigenvalue weighted by Gasteiger charge is -2.35. The van der Waals surface area contributed by atoms with Crippen molar-refractivity contribution in [2.24, 2.45) is 5.92 Å². The third-order valence-electron chi connectivity index (χ3n) is 6.39. The predicted molar refractivity (Wildman–Crippen MR) is 150 cm³/mol. The number of hydrogen-bond acceptors (Lipinski definition) is 5. The van der Waals surface area contributed by atoms with E-state index >= 15 is 0 Å². The van der Waals surface area contributed by atoms with Crippen molar-refractivity contribution in [2.45, 2.75) is 51.9 Å². The van der Waals surface area contributed by atoms with E-state index < -0.39 is 23.8 Å². The maximum absolute atomic E-state index is 13.4. The Morgan fingerprint density at radius 3 is 2.59 bits per heavy atom. The molecule has 2 heterocycles. The lowest BCUT2D eigenvalue weighted by molar-refractivity contribution is -0.175. The maximum atomic E-state index is 13.4. The number of nitrogens with one attached hydrogen (secondary N) is 2. The van der Waals surface area contributed by atoms with Crippen LogP contribution in [-0.2, 0) is 11.3 Å². The highest BCUT2D eigenvalue weighted by atomic mass is 35.5. The minimum Gasteiger partial charge on any atom is -0.444 e. The van der Waals surface area contributed by atoms with Gasteiger partial charge in [0.2, 0.25) is 5.95 Å². The van der Waals surface area contributed by atoms with Crippen LogP contribution in [0.5, 0.6) is 0 Å². The molecule has 212 valence electrons. The summed E-state index contributed by atoms with van der Waals surface area (Å²) in [6.45, 7) is 5.74. The highest BCUT2D eigenvalue weighted by molar-refractivity contribution is 6.40. The fraction of sp³-hybridized carbons (Fsp3) is 0.462. The second-order valence-corrected chi connectivity index (χ2v) is 11.7. The molecular weight excluding hydrogens is 578 g/mol. The first-order valence-corrected chi connectivity index (χ1v) is 13.5. The quantitative estimate of drug-likeness (QED) is 0.307. The van der Waals surface area contributed by atoms with Crippen LogP contribution in [0.15, 0.2) is 24.3 Å². The van der Waals surface area contributed by atoms with Crippen molar-refractivity contribution in [2.75, 3.05) is 29.9 Å². The number of carbonyl (C=O) groups excluding carboxylic acids is 1. The van der Waals surface area contributed by atoms with E-state index in [0.29, 0.717) is 62.0 Å². The topological polar surface area (TPSA) is 73.5 Å². The SMILES string of the molecule is CN(c1nc2cc(N3CCCC(C(F)(F)F)C3)c(Cl)cc2[nH]1)c1c(Cl)ccc(CNC(=O)OC(C)(C)C)c1Cl. The van der Waals surface area contributed by atoms with Crippen LogP contribution in [0.25, 0.3) is 11.0 Å². The molecule has 3 aromatic rings. The van der Waals surface area contributed by atoms with Crippen LogP contribution in [0.1, 0.15) is 39.2 Å². The molecule has 39 heavy (non-hydrogen) atoms.